The zero-order valence-corrected chi connectivity index (χ0v) is 18.3. The van der Waals surface area contributed by atoms with Crippen LogP contribution < -0.4 is 5.32 Å². The molecule has 2 aromatic heterocycles. The number of carbonyl (C=O) groups is 2. The summed E-state index contributed by atoms with van der Waals surface area (Å²) in [5, 5.41) is 2.58. The van der Waals surface area contributed by atoms with Crippen molar-refractivity contribution in [1.82, 2.24) is 14.9 Å². The first kappa shape index (κ1) is 21.1. The molecule has 2 aliphatic rings. The minimum absolute atomic E-state index is 0.109. The number of anilines is 1. The van der Waals surface area contributed by atoms with Crippen LogP contribution in [0.3, 0.4) is 0 Å². The number of nitrogens with zero attached hydrogens (tertiary/aromatic N) is 3. The third-order valence-electron chi connectivity index (χ3n) is 5.75. The van der Waals surface area contributed by atoms with Gasteiger partial charge < -0.3 is 4.90 Å². The zero-order chi connectivity index (χ0) is 23.1. The van der Waals surface area contributed by atoms with E-state index in [0.717, 1.165) is 45.1 Å². The van der Waals surface area contributed by atoms with Gasteiger partial charge in [-0.3, -0.25) is 19.9 Å². The SMILES string of the molecule is CN1CC2=CC=C(c3cccnc3)CC2c2sc(NC(=O)c3c(F)cccc3F)nc2C1=O. The summed E-state index contributed by atoms with van der Waals surface area (Å²) < 4.78 is 28.1. The van der Waals surface area contributed by atoms with Crippen molar-refractivity contribution in [3.8, 4) is 0 Å². The van der Waals surface area contributed by atoms with Gasteiger partial charge in [0, 0.05) is 36.8 Å². The van der Waals surface area contributed by atoms with E-state index in [0.29, 0.717) is 13.0 Å². The van der Waals surface area contributed by atoms with Gasteiger partial charge in [0.1, 0.15) is 22.9 Å². The molecular formula is C24H18F2N4O2S. The Morgan fingerprint density at radius 3 is 2.70 bits per heavy atom. The number of likely N-dealkylation sites (N-methyl/N-ethyl adjacent to an activating group) is 1. The molecule has 6 nitrogen and oxygen atoms in total. The maximum atomic E-state index is 14.0. The molecule has 1 aromatic carbocycles. The van der Waals surface area contributed by atoms with Crippen LogP contribution in [0.4, 0.5) is 13.9 Å². The lowest BCUT2D eigenvalue weighted by molar-refractivity contribution is 0.0804. The predicted octanol–water partition coefficient (Wildman–Crippen LogP) is 4.65. The highest BCUT2D eigenvalue weighted by Crippen LogP contribution is 2.44. The van der Waals surface area contributed by atoms with Crippen LogP contribution in [0.2, 0.25) is 0 Å². The van der Waals surface area contributed by atoms with Crippen LogP contribution in [0, 0.1) is 11.6 Å². The molecule has 1 aliphatic carbocycles. The molecule has 0 fully saturated rings. The molecule has 0 radical (unpaired) electrons. The minimum atomic E-state index is -0.967. The van der Waals surface area contributed by atoms with E-state index in [-0.39, 0.29) is 22.7 Å². The fraction of sp³-hybridized carbons (Fsp3) is 0.167. The molecule has 0 spiro atoms. The highest BCUT2D eigenvalue weighted by molar-refractivity contribution is 7.16. The lowest BCUT2D eigenvalue weighted by Crippen LogP contribution is -2.28. The van der Waals surface area contributed by atoms with E-state index >= 15 is 0 Å². The predicted molar refractivity (Wildman–Crippen MR) is 121 cm³/mol. The topological polar surface area (TPSA) is 75.2 Å². The quantitative estimate of drug-likeness (QED) is 0.612. The van der Waals surface area contributed by atoms with Crippen LogP contribution in [0.25, 0.3) is 5.57 Å². The highest BCUT2D eigenvalue weighted by Gasteiger charge is 2.35. The Balaban J connectivity index is 1.50. The zero-order valence-electron chi connectivity index (χ0n) is 17.5. The monoisotopic (exact) mass is 464 g/mol. The summed E-state index contributed by atoms with van der Waals surface area (Å²) in [5.74, 6) is -3.26. The van der Waals surface area contributed by atoms with Crippen LogP contribution in [0.15, 0.2) is 60.5 Å². The van der Waals surface area contributed by atoms with Gasteiger partial charge in [-0.1, -0.05) is 24.3 Å². The van der Waals surface area contributed by atoms with Crippen molar-refractivity contribution in [1.29, 1.82) is 0 Å². The summed E-state index contributed by atoms with van der Waals surface area (Å²) in [6.07, 6.45) is 8.20. The maximum absolute atomic E-state index is 14.0. The highest BCUT2D eigenvalue weighted by atomic mass is 32.1. The molecule has 0 bridgehead atoms. The number of halogens is 2. The number of pyridine rings is 1. The van der Waals surface area contributed by atoms with Gasteiger partial charge in [-0.2, -0.15) is 0 Å². The van der Waals surface area contributed by atoms with Gasteiger partial charge in [-0.25, -0.2) is 13.8 Å². The summed E-state index contributed by atoms with van der Waals surface area (Å²) in [6, 6.07) is 7.06. The number of rotatable bonds is 3. The van der Waals surface area contributed by atoms with Gasteiger partial charge >= 0.3 is 0 Å². The van der Waals surface area contributed by atoms with Crippen LogP contribution >= 0.6 is 11.3 Å². The van der Waals surface area contributed by atoms with Crippen LogP contribution in [0.5, 0.6) is 0 Å². The number of thiazole rings is 1. The summed E-state index contributed by atoms with van der Waals surface area (Å²) in [4.78, 5) is 36.4. The number of hydrogen-bond donors (Lipinski definition) is 1. The molecule has 0 saturated carbocycles. The Bertz CT molecular complexity index is 1310. The average Bonchev–Trinajstić information content (AvgIpc) is 3.19. The van der Waals surface area contributed by atoms with Gasteiger partial charge in [-0.15, -0.1) is 11.3 Å². The van der Waals surface area contributed by atoms with E-state index in [4.69, 9.17) is 0 Å². The molecule has 3 heterocycles. The molecule has 0 saturated heterocycles. The second-order valence-corrected chi connectivity index (χ2v) is 8.91. The van der Waals surface area contributed by atoms with Crippen molar-refractivity contribution in [3.05, 3.63) is 93.8 Å². The number of benzene rings is 1. The van der Waals surface area contributed by atoms with Crippen molar-refractivity contribution < 1.29 is 18.4 Å². The number of hydrogen-bond acceptors (Lipinski definition) is 5. The number of fused-ring (bicyclic) bond motifs is 3. The largest absolute Gasteiger partial charge is 0.336 e. The summed E-state index contributed by atoms with van der Waals surface area (Å²) in [6.45, 7) is 0.464. The molecule has 1 aliphatic heterocycles. The molecule has 2 amide bonds. The molecule has 166 valence electrons. The van der Waals surface area contributed by atoms with Crippen molar-refractivity contribution >= 4 is 33.9 Å². The Kier molecular flexibility index (Phi) is 5.33. The first-order valence-corrected chi connectivity index (χ1v) is 11.1. The molecule has 1 unspecified atom stereocenters. The Labute approximate surface area is 192 Å². The summed E-state index contributed by atoms with van der Waals surface area (Å²) in [7, 11) is 1.70. The molecule has 33 heavy (non-hydrogen) atoms. The molecular weight excluding hydrogens is 446 g/mol. The number of aromatic nitrogens is 2. The summed E-state index contributed by atoms with van der Waals surface area (Å²) >= 11 is 1.15. The van der Waals surface area contributed by atoms with Crippen molar-refractivity contribution in [2.24, 2.45) is 0 Å². The molecule has 9 heteroatoms. The van der Waals surface area contributed by atoms with E-state index in [9.17, 15) is 18.4 Å². The van der Waals surface area contributed by atoms with Crippen LogP contribution in [-0.2, 0) is 0 Å². The van der Waals surface area contributed by atoms with E-state index < -0.39 is 23.1 Å². The number of carbonyl (C=O) groups excluding carboxylic acids is 2. The number of amides is 2. The van der Waals surface area contributed by atoms with Crippen molar-refractivity contribution in [2.75, 3.05) is 18.9 Å². The normalized spacial score (nSPS) is 17.5. The van der Waals surface area contributed by atoms with E-state index in [1.165, 1.54) is 6.07 Å². The third-order valence-corrected chi connectivity index (χ3v) is 6.84. The van der Waals surface area contributed by atoms with Gasteiger partial charge in [0.2, 0.25) is 0 Å². The fourth-order valence-electron chi connectivity index (χ4n) is 4.11. The van der Waals surface area contributed by atoms with Gasteiger partial charge in [0.05, 0.1) is 0 Å². The number of nitrogens with one attached hydrogen (secondary N) is 1. The first-order valence-electron chi connectivity index (χ1n) is 10.2. The van der Waals surface area contributed by atoms with Crippen LogP contribution in [-0.4, -0.2) is 40.3 Å². The Hall–Kier alpha value is -3.72. The van der Waals surface area contributed by atoms with Crippen molar-refractivity contribution in [3.63, 3.8) is 0 Å². The summed E-state index contributed by atoms with van der Waals surface area (Å²) in [5.41, 5.74) is 2.68. The number of allylic oxidation sites excluding steroid dienone is 3. The lowest BCUT2D eigenvalue weighted by Gasteiger charge is -2.24. The average molecular weight is 464 g/mol. The first-order chi connectivity index (χ1) is 15.9. The van der Waals surface area contributed by atoms with Gasteiger partial charge in [0.25, 0.3) is 11.8 Å². The molecule has 3 aromatic rings. The second kappa shape index (κ2) is 8.32. The van der Waals surface area contributed by atoms with Gasteiger partial charge in [-0.05, 0) is 41.3 Å². The minimum Gasteiger partial charge on any atom is -0.336 e. The molecule has 1 N–H and O–H groups in total. The Morgan fingerprint density at radius 1 is 1.18 bits per heavy atom. The smallest absolute Gasteiger partial charge is 0.273 e. The van der Waals surface area contributed by atoms with E-state index in [1.54, 1.807) is 24.3 Å². The molecule has 5 rings (SSSR count). The maximum Gasteiger partial charge on any atom is 0.273 e. The van der Waals surface area contributed by atoms with E-state index in [2.05, 4.69) is 15.3 Å². The van der Waals surface area contributed by atoms with E-state index in [1.807, 2.05) is 24.3 Å². The van der Waals surface area contributed by atoms with Crippen molar-refractivity contribution in [2.45, 2.75) is 12.3 Å². The lowest BCUT2D eigenvalue weighted by atomic mass is 9.83. The Morgan fingerprint density at radius 2 is 1.97 bits per heavy atom. The van der Waals surface area contributed by atoms with Crippen LogP contribution in [0.1, 0.15) is 43.6 Å². The fourth-order valence-corrected chi connectivity index (χ4v) is 5.20. The third kappa shape index (κ3) is 3.84. The second-order valence-electron chi connectivity index (χ2n) is 7.88. The van der Waals surface area contributed by atoms with Gasteiger partial charge in [0.15, 0.2) is 5.13 Å². The standard InChI is InChI=1S/C24H18F2N4O2S/c1-30-12-15-8-7-13(14-4-3-9-27-11-14)10-16(15)21-20(23(30)32)28-24(33-21)29-22(31)19-17(25)5-2-6-18(19)26/h2-9,11,16H,10,12H2,1H3,(H,28,29,31). The molecule has 1 atom stereocenters.